The van der Waals surface area contributed by atoms with Crippen molar-refractivity contribution in [3.8, 4) is 17.3 Å². The van der Waals surface area contributed by atoms with Gasteiger partial charge in [-0.1, -0.05) is 19.9 Å². The van der Waals surface area contributed by atoms with Crippen LogP contribution < -0.4 is 10.9 Å². The number of nitrogens with zero attached hydrogens (tertiary/aromatic N) is 2. The number of nitrogens with one attached hydrogen (secondary N) is 2. The van der Waals surface area contributed by atoms with Crippen LogP contribution in [0.5, 0.6) is 0 Å². The van der Waals surface area contributed by atoms with Crippen molar-refractivity contribution >= 4 is 10.9 Å². The summed E-state index contributed by atoms with van der Waals surface area (Å²) < 4.78 is 1.49. The molecule has 28 heavy (non-hydrogen) atoms. The lowest BCUT2D eigenvalue weighted by Gasteiger charge is -2.23. The fourth-order valence-corrected chi connectivity index (χ4v) is 4.40. The minimum absolute atomic E-state index is 0.170. The van der Waals surface area contributed by atoms with Gasteiger partial charge >= 0.3 is 0 Å². The normalized spacial score (nSPS) is 15.2. The lowest BCUT2D eigenvalue weighted by molar-refractivity contribution is 0.460. The van der Waals surface area contributed by atoms with Gasteiger partial charge in [-0.05, 0) is 67.1 Å². The molecule has 3 heterocycles. The molecule has 2 aromatic heterocycles. The first-order chi connectivity index (χ1) is 13.5. The van der Waals surface area contributed by atoms with Crippen LogP contribution in [0, 0.1) is 11.3 Å². The molecule has 0 radical (unpaired) electrons. The molecule has 144 valence electrons. The number of aryl methyl sites for hydroxylation is 1. The number of benzene rings is 1. The Balaban J connectivity index is 1.90. The highest BCUT2D eigenvalue weighted by Crippen LogP contribution is 2.37. The van der Waals surface area contributed by atoms with Crippen LogP contribution in [-0.4, -0.2) is 22.6 Å². The molecule has 2 N–H and O–H groups in total. The zero-order chi connectivity index (χ0) is 19.8. The molecule has 0 spiro atoms. The molecule has 0 atom stereocenters. The van der Waals surface area contributed by atoms with Crippen molar-refractivity contribution in [1.82, 2.24) is 14.9 Å². The maximum atomic E-state index is 12.1. The van der Waals surface area contributed by atoms with Gasteiger partial charge in [0, 0.05) is 29.7 Å². The minimum atomic E-state index is -0.262. The van der Waals surface area contributed by atoms with Gasteiger partial charge in [0.15, 0.2) is 0 Å². The van der Waals surface area contributed by atoms with E-state index in [-0.39, 0.29) is 11.1 Å². The van der Waals surface area contributed by atoms with Crippen LogP contribution in [0.25, 0.3) is 22.2 Å². The highest BCUT2D eigenvalue weighted by molar-refractivity contribution is 5.92. The lowest BCUT2D eigenvalue weighted by atomic mass is 9.88. The van der Waals surface area contributed by atoms with E-state index >= 15 is 0 Å². The molecule has 0 amide bonds. The monoisotopic (exact) mass is 374 g/mol. The van der Waals surface area contributed by atoms with Crippen LogP contribution in [0.3, 0.4) is 0 Å². The first-order valence-electron chi connectivity index (χ1n) is 9.97. The van der Waals surface area contributed by atoms with E-state index in [0.29, 0.717) is 11.8 Å². The van der Waals surface area contributed by atoms with E-state index in [1.165, 1.54) is 33.9 Å². The third-order valence-electron chi connectivity index (χ3n) is 5.84. The third-order valence-corrected chi connectivity index (χ3v) is 5.84. The number of nitriles is 1. The molecule has 3 aromatic rings. The van der Waals surface area contributed by atoms with Gasteiger partial charge in [0.1, 0.15) is 11.6 Å². The van der Waals surface area contributed by atoms with Gasteiger partial charge in [0.25, 0.3) is 5.56 Å². The number of pyridine rings is 1. The van der Waals surface area contributed by atoms with Crippen LogP contribution in [-0.2, 0) is 7.05 Å². The Morgan fingerprint density at radius 2 is 1.96 bits per heavy atom. The molecule has 0 unspecified atom stereocenters. The van der Waals surface area contributed by atoms with Gasteiger partial charge < -0.3 is 14.9 Å². The number of aromatic nitrogens is 2. The van der Waals surface area contributed by atoms with Crippen molar-refractivity contribution in [2.45, 2.75) is 38.5 Å². The fraction of sp³-hybridized carbons (Fsp3) is 0.391. The second-order valence-electron chi connectivity index (χ2n) is 8.07. The third kappa shape index (κ3) is 3.14. The SMILES string of the molecule is CC(C)c1c(-c2cc(C#N)c(=O)n(C)c2)[nH]c2ccc(C3CCNCC3)cc12. The number of hydrogen-bond donors (Lipinski definition) is 2. The van der Waals surface area contributed by atoms with E-state index < -0.39 is 0 Å². The first-order valence-corrected chi connectivity index (χ1v) is 9.97. The molecule has 1 aliphatic heterocycles. The van der Waals surface area contributed by atoms with Gasteiger partial charge in [-0.15, -0.1) is 0 Å². The number of fused-ring (bicyclic) bond motifs is 1. The quantitative estimate of drug-likeness (QED) is 0.728. The Morgan fingerprint density at radius 1 is 1.21 bits per heavy atom. The predicted molar refractivity (Wildman–Crippen MR) is 113 cm³/mol. The molecule has 5 heteroatoms. The summed E-state index contributed by atoms with van der Waals surface area (Å²) in [5.74, 6) is 0.918. The van der Waals surface area contributed by atoms with E-state index in [1.807, 2.05) is 12.3 Å². The van der Waals surface area contributed by atoms with Crippen LogP contribution in [0.1, 0.15) is 55.2 Å². The van der Waals surface area contributed by atoms with Gasteiger partial charge in [0.2, 0.25) is 0 Å². The summed E-state index contributed by atoms with van der Waals surface area (Å²) >= 11 is 0. The average Bonchev–Trinajstić information content (AvgIpc) is 3.09. The van der Waals surface area contributed by atoms with Crippen LogP contribution in [0.4, 0.5) is 0 Å². The first kappa shape index (κ1) is 18.5. The molecular formula is C23H26N4O. The highest BCUT2D eigenvalue weighted by atomic mass is 16.1. The summed E-state index contributed by atoms with van der Waals surface area (Å²) in [7, 11) is 1.69. The molecule has 5 nitrogen and oxygen atoms in total. The van der Waals surface area contributed by atoms with E-state index in [1.54, 1.807) is 13.1 Å². The summed E-state index contributed by atoms with van der Waals surface area (Å²) in [6, 6.07) is 10.5. The average molecular weight is 374 g/mol. The van der Waals surface area contributed by atoms with Crippen molar-refractivity contribution in [3.05, 3.63) is 57.5 Å². The molecule has 0 saturated carbocycles. The van der Waals surface area contributed by atoms with E-state index in [2.05, 4.69) is 42.3 Å². The Bertz CT molecular complexity index is 1120. The summed E-state index contributed by atoms with van der Waals surface area (Å²) in [4.78, 5) is 15.7. The topological polar surface area (TPSA) is 73.6 Å². The predicted octanol–water partition coefficient (Wildman–Crippen LogP) is 4.00. The highest BCUT2D eigenvalue weighted by Gasteiger charge is 2.20. The lowest BCUT2D eigenvalue weighted by Crippen LogP contribution is -2.26. The van der Waals surface area contributed by atoms with Crippen molar-refractivity contribution in [3.63, 3.8) is 0 Å². The molecule has 1 saturated heterocycles. The van der Waals surface area contributed by atoms with Crippen molar-refractivity contribution in [2.24, 2.45) is 7.05 Å². The largest absolute Gasteiger partial charge is 0.354 e. The maximum Gasteiger partial charge on any atom is 0.268 e. The molecule has 1 aliphatic rings. The Labute approximate surface area is 165 Å². The Kier molecular flexibility index (Phi) is 4.82. The zero-order valence-corrected chi connectivity index (χ0v) is 16.7. The van der Waals surface area contributed by atoms with E-state index in [0.717, 1.165) is 29.9 Å². The summed E-state index contributed by atoms with van der Waals surface area (Å²) in [6.07, 6.45) is 4.16. The number of piperidine rings is 1. The van der Waals surface area contributed by atoms with Gasteiger partial charge in [-0.2, -0.15) is 5.26 Å². The number of aromatic amines is 1. The van der Waals surface area contributed by atoms with Crippen molar-refractivity contribution < 1.29 is 0 Å². The molecule has 0 aliphatic carbocycles. The molecular weight excluding hydrogens is 348 g/mol. The molecule has 1 aromatic carbocycles. The molecule has 1 fully saturated rings. The second kappa shape index (κ2) is 7.29. The zero-order valence-electron chi connectivity index (χ0n) is 16.7. The standard InChI is InChI=1S/C23H26N4O/c1-14(2)21-19-11-16(15-6-8-25-9-7-15)4-5-20(19)26-22(21)18-10-17(12-24)23(28)27(3)13-18/h4-5,10-11,13-15,25-26H,6-9H2,1-3H3. The number of rotatable bonds is 3. The van der Waals surface area contributed by atoms with Crippen LogP contribution in [0.2, 0.25) is 0 Å². The minimum Gasteiger partial charge on any atom is -0.354 e. The Hall–Kier alpha value is -2.84. The van der Waals surface area contributed by atoms with Gasteiger partial charge in [-0.3, -0.25) is 4.79 Å². The van der Waals surface area contributed by atoms with Crippen molar-refractivity contribution in [2.75, 3.05) is 13.1 Å². The smallest absolute Gasteiger partial charge is 0.268 e. The second-order valence-corrected chi connectivity index (χ2v) is 8.07. The van der Waals surface area contributed by atoms with Crippen molar-refractivity contribution in [1.29, 1.82) is 5.26 Å². The van der Waals surface area contributed by atoms with Gasteiger partial charge in [-0.25, -0.2) is 0 Å². The summed E-state index contributed by atoms with van der Waals surface area (Å²) in [5, 5.41) is 14.0. The molecule has 4 rings (SSSR count). The maximum absolute atomic E-state index is 12.1. The van der Waals surface area contributed by atoms with E-state index in [9.17, 15) is 10.1 Å². The summed E-state index contributed by atoms with van der Waals surface area (Å²) in [6.45, 7) is 6.53. The number of hydrogen-bond acceptors (Lipinski definition) is 3. The van der Waals surface area contributed by atoms with Gasteiger partial charge in [0.05, 0.1) is 5.69 Å². The Morgan fingerprint density at radius 3 is 2.64 bits per heavy atom. The fourth-order valence-electron chi connectivity index (χ4n) is 4.40. The van der Waals surface area contributed by atoms with Crippen LogP contribution >= 0.6 is 0 Å². The van der Waals surface area contributed by atoms with E-state index in [4.69, 9.17) is 0 Å². The number of H-pyrrole nitrogens is 1. The van der Waals surface area contributed by atoms with Crippen LogP contribution in [0.15, 0.2) is 35.3 Å². The summed E-state index contributed by atoms with van der Waals surface area (Å²) in [5.41, 5.74) is 5.53. The molecule has 0 bridgehead atoms.